The number of pyridine rings is 1. The number of nitrogens with zero attached hydrogens (tertiary/aromatic N) is 1. The molecule has 1 N–H and O–H groups in total. The Morgan fingerprint density at radius 3 is 2.43 bits per heavy atom. The first-order valence-corrected chi connectivity index (χ1v) is 6.63. The summed E-state index contributed by atoms with van der Waals surface area (Å²) >= 11 is 0. The number of hydrogen-bond acceptors (Lipinski definition) is 5. The fourth-order valence-electron chi connectivity index (χ4n) is 2.34. The van der Waals surface area contributed by atoms with Crippen molar-refractivity contribution >= 4 is 0 Å². The van der Waals surface area contributed by atoms with Gasteiger partial charge in [-0.15, -0.1) is 0 Å². The van der Waals surface area contributed by atoms with E-state index in [0.717, 1.165) is 22.6 Å². The van der Waals surface area contributed by atoms with Gasteiger partial charge in [-0.3, -0.25) is 0 Å². The number of ether oxygens (including phenoxy) is 3. The van der Waals surface area contributed by atoms with Gasteiger partial charge < -0.3 is 19.5 Å². The maximum absolute atomic E-state index is 5.47. The number of nitrogens with one attached hydrogen (secondary N) is 1. The Morgan fingerprint density at radius 2 is 1.81 bits per heavy atom. The van der Waals surface area contributed by atoms with Gasteiger partial charge in [-0.1, -0.05) is 6.07 Å². The lowest BCUT2D eigenvalue weighted by molar-refractivity contribution is 0.381. The summed E-state index contributed by atoms with van der Waals surface area (Å²) < 4.78 is 16.1. The van der Waals surface area contributed by atoms with Crippen LogP contribution in [0.15, 0.2) is 36.5 Å². The van der Waals surface area contributed by atoms with Crippen LogP contribution in [-0.2, 0) is 0 Å². The molecule has 1 aromatic carbocycles. The van der Waals surface area contributed by atoms with Crippen LogP contribution in [0.2, 0.25) is 0 Å². The predicted octanol–water partition coefficient (Wildman–Crippen LogP) is 2.42. The Morgan fingerprint density at radius 1 is 1.00 bits per heavy atom. The van der Waals surface area contributed by atoms with Crippen LogP contribution in [0.3, 0.4) is 0 Å². The molecule has 5 nitrogen and oxygen atoms in total. The van der Waals surface area contributed by atoms with Gasteiger partial charge in [-0.05, 0) is 31.3 Å². The molecule has 0 amide bonds. The zero-order valence-corrected chi connectivity index (χ0v) is 12.7. The monoisotopic (exact) mass is 288 g/mol. The zero-order chi connectivity index (χ0) is 15.2. The molecule has 0 fully saturated rings. The minimum absolute atomic E-state index is 0.112. The number of rotatable bonds is 6. The van der Waals surface area contributed by atoms with Crippen molar-refractivity contribution in [1.29, 1.82) is 0 Å². The number of methoxy groups -OCH3 is 3. The smallest absolute Gasteiger partial charge is 0.218 e. The van der Waals surface area contributed by atoms with E-state index in [1.165, 1.54) is 0 Å². The molecule has 2 rings (SSSR count). The van der Waals surface area contributed by atoms with Crippen LogP contribution in [-0.4, -0.2) is 33.4 Å². The average Bonchev–Trinajstić information content (AvgIpc) is 2.55. The van der Waals surface area contributed by atoms with Crippen molar-refractivity contribution in [2.24, 2.45) is 0 Å². The molecule has 0 aliphatic rings. The highest BCUT2D eigenvalue weighted by molar-refractivity contribution is 5.47. The van der Waals surface area contributed by atoms with Gasteiger partial charge in [0.05, 0.1) is 27.4 Å². The molecule has 1 unspecified atom stereocenters. The largest absolute Gasteiger partial charge is 0.497 e. The van der Waals surface area contributed by atoms with E-state index in [-0.39, 0.29) is 6.04 Å². The normalized spacial score (nSPS) is 11.8. The molecule has 0 aliphatic carbocycles. The molecule has 1 heterocycles. The van der Waals surface area contributed by atoms with E-state index >= 15 is 0 Å². The first kappa shape index (κ1) is 15.1. The lowest BCUT2D eigenvalue weighted by atomic mass is 9.98. The van der Waals surface area contributed by atoms with Gasteiger partial charge in [-0.25, -0.2) is 4.98 Å². The molecule has 0 saturated carbocycles. The van der Waals surface area contributed by atoms with Crippen molar-refractivity contribution in [2.45, 2.75) is 6.04 Å². The summed E-state index contributed by atoms with van der Waals surface area (Å²) in [6.07, 6.45) is 1.71. The maximum Gasteiger partial charge on any atom is 0.218 e. The van der Waals surface area contributed by atoms with E-state index in [2.05, 4.69) is 10.3 Å². The van der Waals surface area contributed by atoms with Crippen LogP contribution in [0.1, 0.15) is 17.2 Å². The van der Waals surface area contributed by atoms with Crippen molar-refractivity contribution in [1.82, 2.24) is 10.3 Å². The van der Waals surface area contributed by atoms with Crippen molar-refractivity contribution in [3.8, 4) is 17.4 Å². The van der Waals surface area contributed by atoms with Gasteiger partial charge in [0.25, 0.3) is 0 Å². The molecule has 5 heteroatoms. The Labute approximate surface area is 124 Å². The Kier molecular flexibility index (Phi) is 5.00. The molecular weight excluding hydrogens is 268 g/mol. The van der Waals surface area contributed by atoms with E-state index in [4.69, 9.17) is 14.2 Å². The van der Waals surface area contributed by atoms with Crippen LogP contribution >= 0.6 is 0 Å². The SMILES string of the molecule is CNC(c1cc(OC)ccc1OC)c1cccnc1OC. The minimum atomic E-state index is -0.112. The molecule has 1 atom stereocenters. The molecule has 0 saturated heterocycles. The third-order valence-electron chi connectivity index (χ3n) is 3.34. The Hall–Kier alpha value is -2.27. The van der Waals surface area contributed by atoms with Crippen LogP contribution < -0.4 is 19.5 Å². The van der Waals surface area contributed by atoms with Gasteiger partial charge in [-0.2, -0.15) is 0 Å². The van der Waals surface area contributed by atoms with E-state index < -0.39 is 0 Å². The van der Waals surface area contributed by atoms with Crippen molar-refractivity contribution in [3.05, 3.63) is 47.7 Å². The summed E-state index contributed by atoms with van der Waals surface area (Å²) in [4.78, 5) is 4.26. The quantitative estimate of drug-likeness (QED) is 0.884. The van der Waals surface area contributed by atoms with Crippen LogP contribution in [0.5, 0.6) is 17.4 Å². The lowest BCUT2D eigenvalue weighted by Crippen LogP contribution is -2.19. The summed E-state index contributed by atoms with van der Waals surface area (Å²) in [6, 6.07) is 9.46. The van der Waals surface area contributed by atoms with Gasteiger partial charge in [0, 0.05) is 17.3 Å². The average molecular weight is 288 g/mol. The van der Waals surface area contributed by atoms with E-state index in [1.54, 1.807) is 27.5 Å². The highest BCUT2D eigenvalue weighted by Crippen LogP contribution is 2.35. The van der Waals surface area contributed by atoms with Gasteiger partial charge in [0.2, 0.25) is 5.88 Å². The van der Waals surface area contributed by atoms with Crippen molar-refractivity contribution in [3.63, 3.8) is 0 Å². The third kappa shape index (κ3) is 3.08. The predicted molar refractivity (Wildman–Crippen MR) is 81.2 cm³/mol. The van der Waals surface area contributed by atoms with E-state index in [9.17, 15) is 0 Å². The van der Waals surface area contributed by atoms with Crippen LogP contribution in [0.4, 0.5) is 0 Å². The summed E-state index contributed by atoms with van der Waals surface area (Å²) in [5, 5.41) is 3.28. The lowest BCUT2D eigenvalue weighted by Gasteiger charge is -2.21. The number of hydrogen-bond donors (Lipinski definition) is 1. The van der Waals surface area contributed by atoms with Gasteiger partial charge in [0.1, 0.15) is 11.5 Å². The van der Waals surface area contributed by atoms with Gasteiger partial charge in [0.15, 0.2) is 0 Å². The number of benzene rings is 1. The van der Waals surface area contributed by atoms with E-state index in [0.29, 0.717) is 5.88 Å². The molecular formula is C16H20N2O3. The fourth-order valence-corrected chi connectivity index (χ4v) is 2.34. The summed E-state index contributed by atoms with van der Waals surface area (Å²) in [5.41, 5.74) is 1.90. The second-order valence-electron chi connectivity index (χ2n) is 4.43. The highest BCUT2D eigenvalue weighted by Gasteiger charge is 2.21. The Bertz CT molecular complexity index is 602. The molecule has 2 aromatic rings. The highest BCUT2D eigenvalue weighted by atomic mass is 16.5. The molecule has 0 radical (unpaired) electrons. The minimum Gasteiger partial charge on any atom is -0.497 e. The first-order valence-electron chi connectivity index (χ1n) is 6.63. The summed E-state index contributed by atoms with van der Waals surface area (Å²) in [7, 11) is 6.79. The Balaban J connectivity index is 2.55. The molecule has 21 heavy (non-hydrogen) atoms. The molecule has 0 bridgehead atoms. The van der Waals surface area contributed by atoms with Gasteiger partial charge >= 0.3 is 0 Å². The van der Waals surface area contributed by atoms with E-state index in [1.807, 2.05) is 37.4 Å². The molecule has 1 aromatic heterocycles. The molecule has 112 valence electrons. The molecule has 0 aliphatic heterocycles. The maximum atomic E-state index is 5.47. The second-order valence-corrected chi connectivity index (χ2v) is 4.43. The summed E-state index contributed by atoms with van der Waals surface area (Å²) in [5.74, 6) is 2.14. The van der Waals surface area contributed by atoms with Crippen LogP contribution in [0, 0.1) is 0 Å². The van der Waals surface area contributed by atoms with Crippen molar-refractivity contribution < 1.29 is 14.2 Å². The third-order valence-corrected chi connectivity index (χ3v) is 3.34. The summed E-state index contributed by atoms with van der Waals surface area (Å²) in [6.45, 7) is 0. The van der Waals surface area contributed by atoms with Crippen molar-refractivity contribution in [2.75, 3.05) is 28.4 Å². The molecule has 0 spiro atoms. The van der Waals surface area contributed by atoms with Crippen LogP contribution in [0.25, 0.3) is 0 Å². The second kappa shape index (κ2) is 6.95. The first-order chi connectivity index (χ1) is 10.2. The fraction of sp³-hybridized carbons (Fsp3) is 0.312. The number of aromatic nitrogens is 1. The topological polar surface area (TPSA) is 52.6 Å². The standard InChI is InChI=1S/C16H20N2O3/c1-17-15(12-6-5-9-18-16(12)21-4)13-10-11(19-2)7-8-14(13)20-3/h5-10,15,17H,1-4H3. The zero-order valence-electron chi connectivity index (χ0n) is 12.7.